The van der Waals surface area contributed by atoms with Crippen molar-refractivity contribution in [1.82, 2.24) is 34.5 Å². The van der Waals surface area contributed by atoms with E-state index in [0.29, 0.717) is 46.2 Å². The van der Waals surface area contributed by atoms with Crippen LogP contribution < -0.4 is 0 Å². The molecule has 0 unspecified atom stereocenters. The van der Waals surface area contributed by atoms with Crippen LogP contribution in [0.2, 0.25) is 0 Å². The van der Waals surface area contributed by atoms with E-state index >= 15 is 0 Å². The van der Waals surface area contributed by atoms with Gasteiger partial charge in [-0.3, -0.25) is 0 Å². The molecule has 0 bridgehead atoms. The van der Waals surface area contributed by atoms with E-state index in [4.69, 9.17) is 16.5 Å². The molecule has 0 amide bonds. The normalized spacial score (nSPS) is 11.1. The van der Waals surface area contributed by atoms with E-state index in [9.17, 15) is 5.26 Å². The third-order valence-corrected chi connectivity index (χ3v) is 8.90. The summed E-state index contributed by atoms with van der Waals surface area (Å²) < 4.78 is 2.26. The van der Waals surface area contributed by atoms with Gasteiger partial charge in [0.25, 0.3) is 0 Å². The molecule has 9 heteroatoms. The van der Waals surface area contributed by atoms with Crippen molar-refractivity contribution in [1.29, 1.82) is 5.26 Å². The summed E-state index contributed by atoms with van der Waals surface area (Å²) in [7, 11) is 0. The fourth-order valence-electron chi connectivity index (χ4n) is 6.64. The Morgan fingerprint density at radius 3 is 1.51 bits per heavy atom. The number of nitriles is 1. The summed E-state index contributed by atoms with van der Waals surface area (Å²) in [4.78, 5) is 31.3. The first-order chi connectivity index (χ1) is 24.8. The SMILES string of the molecule is [C-]#[N+]c1ccc(-c2ccc3c(c2)c2cc(-c4ccc(C#N)cc4)ccc2n3-c2ccc(-c3nc(C)nc(C)n3)cc2-c2nc(C)nc(C)n2)cc1. The third kappa shape index (κ3) is 5.73. The third-order valence-electron chi connectivity index (χ3n) is 8.90. The Labute approximate surface area is 294 Å². The Balaban J connectivity index is 1.41. The van der Waals surface area contributed by atoms with Crippen LogP contribution in [0.15, 0.2) is 103 Å². The molecule has 0 saturated carbocycles. The lowest BCUT2D eigenvalue weighted by atomic mass is 9.99. The number of nitrogens with zero attached hydrogens (tertiary/aromatic N) is 9. The number of aromatic nitrogens is 7. The summed E-state index contributed by atoms with van der Waals surface area (Å²) in [6.45, 7) is 14.9. The van der Waals surface area contributed by atoms with Crippen LogP contribution in [0.25, 0.3) is 77.4 Å². The van der Waals surface area contributed by atoms with Gasteiger partial charge in [0.15, 0.2) is 17.3 Å². The number of rotatable bonds is 5. The van der Waals surface area contributed by atoms with Crippen LogP contribution >= 0.6 is 0 Å². The van der Waals surface area contributed by atoms with Crippen LogP contribution in [-0.2, 0) is 0 Å². The van der Waals surface area contributed by atoms with Gasteiger partial charge in [-0.25, -0.2) is 34.7 Å². The summed E-state index contributed by atoms with van der Waals surface area (Å²) in [5.41, 5.74) is 9.89. The van der Waals surface area contributed by atoms with E-state index in [2.05, 4.69) is 77.9 Å². The lowest BCUT2D eigenvalue weighted by Crippen LogP contribution is -2.04. The van der Waals surface area contributed by atoms with Crippen LogP contribution in [0.5, 0.6) is 0 Å². The van der Waals surface area contributed by atoms with Gasteiger partial charge >= 0.3 is 0 Å². The van der Waals surface area contributed by atoms with Gasteiger partial charge in [-0.15, -0.1) is 0 Å². The van der Waals surface area contributed by atoms with Crippen molar-refractivity contribution in [2.45, 2.75) is 27.7 Å². The quantitative estimate of drug-likeness (QED) is 0.169. The molecule has 0 saturated heterocycles. The minimum Gasteiger partial charge on any atom is -0.308 e. The second kappa shape index (κ2) is 12.4. The topological polar surface area (TPSA) is 110 Å². The first-order valence-corrected chi connectivity index (χ1v) is 16.4. The lowest BCUT2D eigenvalue weighted by Gasteiger charge is -2.15. The predicted molar refractivity (Wildman–Crippen MR) is 199 cm³/mol. The van der Waals surface area contributed by atoms with Crippen LogP contribution in [0, 0.1) is 45.6 Å². The standard InChI is InChI=1S/C42H29N9/c1-24-45-25(2)48-41(47-24)33-14-19-40(37(22-33)42-49-26(3)46-27(4)50-42)51-38-17-12-31(29-8-6-28(23-43)7-9-29)20-35(38)36-21-32(13-18-39(36)51)30-10-15-34(44-5)16-11-30/h6-22H,1-4H3. The Morgan fingerprint density at radius 1 is 0.529 bits per heavy atom. The summed E-state index contributed by atoms with van der Waals surface area (Å²) in [6, 6.07) is 36.7. The van der Waals surface area contributed by atoms with Crippen LogP contribution in [0.1, 0.15) is 28.9 Å². The molecule has 0 N–H and O–H groups in total. The summed E-state index contributed by atoms with van der Waals surface area (Å²) in [5, 5.41) is 11.5. The molecule has 51 heavy (non-hydrogen) atoms. The van der Waals surface area contributed by atoms with E-state index in [1.807, 2.05) is 88.4 Å². The number of aryl methyl sites for hydroxylation is 4. The minimum atomic E-state index is 0.556. The minimum absolute atomic E-state index is 0.556. The molecule has 8 rings (SSSR count). The average Bonchev–Trinajstić information content (AvgIpc) is 3.46. The van der Waals surface area contributed by atoms with Crippen molar-refractivity contribution in [2.24, 2.45) is 0 Å². The number of hydrogen-bond acceptors (Lipinski definition) is 7. The molecule has 0 fully saturated rings. The first kappa shape index (κ1) is 31.2. The molecule has 3 aromatic heterocycles. The van der Waals surface area contributed by atoms with Gasteiger partial charge in [0.05, 0.1) is 34.9 Å². The molecule has 0 aliphatic carbocycles. The van der Waals surface area contributed by atoms with Gasteiger partial charge in [-0.05, 0) is 105 Å². The second-order valence-corrected chi connectivity index (χ2v) is 12.4. The van der Waals surface area contributed by atoms with Crippen molar-refractivity contribution in [3.63, 3.8) is 0 Å². The molecule has 0 radical (unpaired) electrons. The molecule has 0 aliphatic rings. The largest absolute Gasteiger partial charge is 0.308 e. The molecule has 9 nitrogen and oxygen atoms in total. The number of fused-ring (bicyclic) bond motifs is 3. The zero-order valence-electron chi connectivity index (χ0n) is 28.3. The maximum atomic E-state index is 9.37. The van der Waals surface area contributed by atoms with Crippen molar-refractivity contribution in [2.75, 3.05) is 0 Å². The van der Waals surface area contributed by atoms with Gasteiger partial charge in [-0.2, -0.15) is 5.26 Å². The summed E-state index contributed by atoms with van der Waals surface area (Å²) in [5.74, 6) is 3.69. The molecule has 0 aliphatic heterocycles. The first-order valence-electron chi connectivity index (χ1n) is 16.4. The fraction of sp³-hybridized carbons (Fsp3) is 0.0952. The van der Waals surface area contributed by atoms with E-state index in [1.54, 1.807) is 0 Å². The van der Waals surface area contributed by atoms with Crippen molar-refractivity contribution >= 4 is 27.5 Å². The molecule has 242 valence electrons. The predicted octanol–water partition coefficient (Wildman–Crippen LogP) is 9.48. The van der Waals surface area contributed by atoms with Crippen molar-refractivity contribution < 1.29 is 0 Å². The van der Waals surface area contributed by atoms with E-state index in [1.165, 1.54) is 0 Å². The van der Waals surface area contributed by atoms with Crippen molar-refractivity contribution in [3.8, 4) is 56.8 Å². The molecular formula is C42H29N9. The molecular weight excluding hydrogens is 631 g/mol. The van der Waals surface area contributed by atoms with Gasteiger partial charge in [0.1, 0.15) is 23.3 Å². The van der Waals surface area contributed by atoms with Crippen molar-refractivity contribution in [3.05, 3.63) is 143 Å². The van der Waals surface area contributed by atoms with Crippen LogP contribution in [-0.4, -0.2) is 34.5 Å². The Hall–Kier alpha value is -7.10. The lowest BCUT2D eigenvalue weighted by molar-refractivity contribution is 0.924. The van der Waals surface area contributed by atoms with Gasteiger partial charge in [-0.1, -0.05) is 48.5 Å². The Kier molecular flexibility index (Phi) is 7.59. The number of benzene rings is 5. The molecule has 0 atom stereocenters. The molecule has 0 spiro atoms. The number of hydrogen-bond donors (Lipinski definition) is 0. The Bertz CT molecular complexity index is 2590. The van der Waals surface area contributed by atoms with Crippen LogP contribution in [0.4, 0.5) is 5.69 Å². The molecule has 3 heterocycles. The zero-order valence-corrected chi connectivity index (χ0v) is 28.3. The maximum Gasteiger partial charge on any atom is 0.187 e. The summed E-state index contributed by atoms with van der Waals surface area (Å²) in [6.07, 6.45) is 0. The fourth-order valence-corrected chi connectivity index (χ4v) is 6.64. The van der Waals surface area contributed by atoms with Gasteiger partial charge in [0.2, 0.25) is 0 Å². The zero-order chi connectivity index (χ0) is 35.2. The van der Waals surface area contributed by atoms with E-state index in [0.717, 1.165) is 60.9 Å². The van der Waals surface area contributed by atoms with E-state index < -0.39 is 0 Å². The maximum absolute atomic E-state index is 9.37. The molecule has 5 aromatic carbocycles. The highest BCUT2D eigenvalue weighted by atomic mass is 15.0. The van der Waals surface area contributed by atoms with E-state index in [-0.39, 0.29) is 0 Å². The molecule has 8 aromatic rings. The monoisotopic (exact) mass is 659 g/mol. The smallest absolute Gasteiger partial charge is 0.187 e. The van der Waals surface area contributed by atoms with Gasteiger partial charge < -0.3 is 4.57 Å². The summed E-state index contributed by atoms with van der Waals surface area (Å²) >= 11 is 0. The van der Waals surface area contributed by atoms with Gasteiger partial charge in [0, 0.05) is 21.9 Å². The van der Waals surface area contributed by atoms with Crippen LogP contribution in [0.3, 0.4) is 0 Å². The highest BCUT2D eigenvalue weighted by Gasteiger charge is 2.20. The Morgan fingerprint density at radius 2 is 1.00 bits per heavy atom. The second-order valence-electron chi connectivity index (χ2n) is 12.4. The highest BCUT2D eigenvalue weighted by molar-refractivity contribution is 6.12. The average molecular weight is 660 g/mol. The highest BCUT2D eigenvalue weighted by Crippen LogP contribution is 2.40.